The van der Waals surface area contributed by atoms with Crippen LogP contribution in [0.2, 0.25) is 0 Å². The summed E-state index contributed by atoms with van der Waals surface area (Å²) in [7, 11) is 0. The van der Waals surface area contributed by atoms with Crippen LogP contribution in [0.25, 0.3) is 0 Å². The van der Waals surface area contributed by atoms with E-state index in [0.29, 0.717) is 25.8 Å². The first-order valence-corrected chi connectivity index (χ1v) is 11.8. The van der Waals surface area contributed by atoms with Crippen molar-refractivity contribution in [1.82, 2.24) is 9.80 Å². The van der Waals surface area contributed by atoms with E-state index in [0.717, 1.165) is 16.7 Å². The highest BCUT2D eigenvalue weighted by Crippen LogP contribution is 2.39. The number of hydrogen-bond acceptors (Lipinski definition) is 4. The molecule has 0 unspecified atom stereocenters. The second kappa shape index (κ2) is 9.49. The summed E-state index contributed by atoms with van der Waals surface area (Å²) in [6, 6.07) is 16.0. The van der Waals surface area contributed by atoms with Crippen LogP contribution in [0.5, 0.6) is 0 Å². The lowest BCUT2D eigenvalue weighted by molar-refractivity contribution is -0.144. The predicted molar refractivity (Wildman–Crippen MR) is 127 cm³/mol. The van der Waals surface area contributed by atoms with E-state index in [1.54, 1.807) is 30.6 Å². The maximum absolute atomic E-state index is 13.9. The summed E-state index contributed by atoms with van der Waals surface area (Å²) in [5.41, 5.74) is 2.33. The molecule has 0 saturated carbocycles. The van der Waals surface area contributed by atoms with E-state index in [1.165, 1.54) is 0 Å². The normalized spacial score (nSPS) is 22.3. The molecular formula is C27H32N2O5. The van der Waals surface area contributed by atoms with E-state index in [2.05, 4.69) is 0 Å². The Balaban J connectivity index is 1.66. The minimum absolute atomic E-state index is 0.138. The molecule has 0 bridgehead atoms. The zero-order valence-electron chi connectivity index (χ0n) is 19.9. The lowest BCUT2D eigenvalue weighted by Crippen LogP contribution is -2.54. The molecule has 2 heterocycles. The van der Waals surface area contributed by atoms with Crippen molar-refractivity contribution in [2.75, 3.05) is 0 Å². The molecule has 1 fully saturated rings. The summed E-state index contributed by atoms with van der Waals surface area (Å²) in [6.07, 6.45) is 0.949. The van der Waals surface area contributed by atoms with E-state index in [4.69, 9.17) is 4.74 Å². The number of hydrogen-bond donors (Lipinski definition) is 1. The fourth-order valence-corrected chi connectivity index (χ4v) is 5.05. The minimum Gasteiger partial charge on any atom is -0.481 e. The number of carboxylic acids is 1. The van der Waals surface area contributed by atoms with Crippen molar-refractivity contribution < 1.29 is 24.2 Å². The summed E-state index contributed by atoms with van der Waals surface area (Å²) in [6.45, 7) is 5.75. The van der Waals surface area contributed by atoms with Gasteiger partial charge >= 0.3 is 12.1 Å². The lowest BCUT2D eigenvalue weighted by atomic mass is 9.91. The van der Waals surface area contributed by atoms with Crippen molar-refractivity contribution in [3.05, 3.63) is 71.3 Å². The minimum atomic E-state index is -0.945. The molecule has 0 aliphatic carbocycles. The first-order chi connectivity index (χ1) is 16.1. The molecule has 0 spiro atoms. The van der Waals surface area contributed by atoms with Crippen LogP contribution >= 0.6 is 0 Å². The number of carbonyl (C=O) groups excluding carboxylic acids is 2. The largest absolute Gasteiger partial charge is 0.481 e. The van der Waals surface area contributed by atoms with Gasteiger partial charge in [-0.05, 0) is 56.7 Å². The molecule has 2 aliphatic rings. The summed E-state index contributed by atoms with van der Waals surface area (Å²) >= 11 is 0. The van der Waals surface area contributed by atoms with Crippen molar-refractivity contribution in [3.8, 4) is 0 Å². The molecule has 2 aromatic carbocycles. The van der Waals surface area contributed by atoms with Crippen molar-refractivity contribution >= 4 is 18.0 Å². The molecule has 3 atom stereocenters. The average Bonchev–Trinajstić information content (AvgIpc) is 3.23. The fourth-order valence-electron chi connectivity index (χ4n) is 5.05. The number of benzene rings is 2. The maximum Gasteiger partial charge on any atom is 0.411 e. The van der Waals surface area contributed by atoms with Gasteiger partial charge in [0.05, 0.1) is 12.5 Å². The maximum atomic E-state index is 13.9. The molecule has 0 aromatic heterocycles. The molecule has 2 aromatic rings. The number of nitrogens with zero attached hydrogens (tertiary/aromatic N) is 2. The molecule has 1 saturated heterocycles. The van der Waals surface area contributed by atoms with Gasteiger partial charge in [-0.15, -0.1) is 0 Å². The second-order valence-corrected chi connectivity index (χ2v) is 10.1. The highest BCUT2D eigenvalue weighted by molar-refractivity contribution is 5.87. The number of likely N-dealkylation sites (tertiary alicyclic amines) is 1. The van der Waals surface area contributed by atoms with Gasteiger partial charge in [-0.25, -0.2) is 4.79 Å². The zero-order chi connectivity index (χ0) is 24.5. The zero-order valence-corrected chi connectivity index (χ0v) is 19.9. The van der Waals surface area contributed by atoms with Crippen LogP contribution in [-0.2, 0) is 27.3 Å². The first kappa shape index (κ1) is 23.8. The monoisotopic (exact) mass is 464 g/mol. The summed E-state index contributed by atoms with van der Waals surface area (Å²) in [4.78, 5) is 42.1. The number of carboxylic acid groups (broad SMARTS) is 1. The molecule has 0 radical (unpaired) electrons. The topological polar surface area (TPSA) is 87.2 Å². The van der Waals surface area contributed by atoms with Crippen LogP contribution < -0.4 is 0 Å². The Morgan fingerprint density at radius 2 is 1.62 bits per heavy atom. The Morgan fingerprint density at radius 3 is 2.26 bits per heavy atom. The van der Waals surface area contributed by atoms with Gasteiger partial charge in [0.2, 0.25) is 5.91 Å². The van der Waals surface area contributed by atoms with Crippen LogP contribution in [0.15, 0.2) is 54.6 Å². The van der Waals surface area contributed by atoms with Crippen molar-refractivity contribution in [3.63, 3.8) is 0 Å². The Hall–Kier alpha value is -3.35. The predicted octanol–water partition coefficient (Wildman–Crippen LogP) is 4.56. The third-order valence-corrected chi connectivity index (χ3v) is 6.51. The summed E-state index contributed by atoms with van der Waals surface area (Å²) in [5.74, 6) is -1.16. The highest BCUT2D eigenvalue weighted by Gasteiger charge is 2.46. The fraction of sp³-hybridized carbons (Fsp3) is 0.444. The molecule has 180 valence electrons. The van der Waals surface area contributed by atoms with E-state index in [-0.39, 0.29) is 18.4 Å². The van der Waals surface area contributed by atoms with Crippen molar-refractivity contribution in [2.24, 2.45) is 0 Å². The van der Waals surface area contributed by atoms with E-state index >= 15 is 0 Å². The Morgan fingerprint density at radius 1 is 0.971 bits per heavy atom. The Labute approximate surface area is 200 Å². The number of amides is 2. The van der Waals surface area contributed by atoms with Gasteiger partial charge in [-0.1, -0.05) is 54.6 Å². The van der Waals surface area contributed by atoms with Crippen molar-refractivity contribution in [1.29, 1.82) is 0 Å². The average molecular weight is 465 g/mol. The van der Waals surface area contributed by atoms with Gasteiger partial charge in [0.25, 0.3) is 0 Å². The third-order valence-electron chi connectivity index (χ3n) is 6.51. The van der Waals surface area contributed by atoms with E-state index in [9.17, 15) is 19.5 Å². The molecule has 4 rings (SSSR count). The summed E-state index contributed by atoms with van der Waals surface area (Å²) < 4.78 is 5.71. The van der Waals surface area contributed by atoms with Crippen molar-refractivity contribution in [2.45, 2.75) is 76.7 Å². The van der Waals surface area contributed by atoms with Gasteiger partial charge < -0.3 is 14.7 Å². The van der Waals surface area contributed by atoms with Crippen LogP contribution in [-0.4, -0.2) is 50.6 Å². The van der Waals surface area contributed by atoms with Gasteiger partial charge in [0.15, 0.2) is 0 Å². The molecular weight excluding hydrogens is 432 g/mol. The molecule has 7 heteroatoms. The number of ether oxygens (including phenoxy) is 1. The quantitative estimate of drug-likeness (QED) is 0.717. The van der Waals surface area contributed by atoms with Crippen LogP contribution in [0.4, 0.5) is 4.79 Å². The number of aliphatic carboxylic acids is 1. The van der Waals surface area contributed by atoms with Crippen LogP contribution in [0, 0.1) is 0 Å². The standard InChI is InChI=1S/C27H32N2O5/c1-27(2,3)34-26(33)29-22(18-9-5-4-6-10-18)13-14-23(29)25(32)28-17-20-12-8-7-11-19(20)15-21(28)16-24(30)31/h4-12,21-23H,13-17H2,1-3H3,(H,30,31)/t21-,22+,23-/m1/s1. The molecule has 2 aliphatic heterocycles. The van der Waals surface area contributed by atoms with Gasteiger partial charge in [0.1, 0.15) is 11.6 Å². The SMILES string of the molecule is CC(C)(C)OC(=O)N1[C@@H](C(=O)N2Cc3ccccc3C[C@@H]2CC(=O)O)CC[C@H]1c1ccccc1. The molecule has 2 amide bonds. The van der Waals surface area contributed by atoms with Gasteiger partial charge in [0, 0.05) is 12.6 Å². The lowest BCUT2D eigenvalue weighted by Gasteiger charge is -2.40. The number of carbonyl (C=O) groups is 3. The highest BCUT2D eigenvalue weighted by atomic mass is 16.6. The van der Waals surface area contributed by atoms with E-state index < -0.39 is 29.7 Å². The molecule has 1 N–H and O–H groups in total. The van der Waals surface area contributed by atoms with Crippen LogP contribution in [0.1, 0.15) is 62.8 Å². The Kier molecular flexibility index (Phi) is 6.64. The van der Waals surface area contributed by atoms with Crippen LogP contribution in [0.3, 0.4) is 0 Å². The summed E-state index contributed by atoms with van der Waals surface area (Å²) in [5, 5.41) is 9.51. The van der Waals surface area contributed by atoms with E-state index in [1.807, 2.05) is 54.6 Å². The third kappa shape index (κ3) is 5.08. The van der Waals surface area contributed by atoms with Gasteiger partial charge in [-0.2, -0.15) is 0 Å². The Bertz CT molecular complexity index is 1060. The number of rotatable bonds is 4. The smallest absolute Gasteiger partial charge is 0.411 e. The molecule has 34 heavy (non-hydrogen) atoms. The second-order valence-electron chi connectivity index (χ2n) is 10.1. The number of fused-ring (bicyclic) bond motifs is 1. The van der Waals surface area contributed by atoms with Gasteiger partial charge in [-0.3, -0.25) is 14.5 Å². The first-order valence-electron chi connectivity index (χ1n) is 11.8. The molecule has 7 nitrogen and oxygen atoms in total.